The van der Waals surface area contributed by atoms with E-state index < -0.39 is 41.5 Å². The van der Waals surface area contributed by atoms with Crippen LogP contribution in [0.15, 0.2) is 59.7 Å². The SMILES string of the molecule is C=CCN1C(=O)[C@@]2(C(C(=O)OC)=C(N)OC(CC(=O)OCC)=C2C(=O)OCC)c2ccccc21. The first-order chi connectivity index (χ1) is 16.3. The molecule has 0 saturated carbocycles. The van der Waals surface area contributed by atoms with Gasteiger partial charge in [0.05, 0.1) is 20.3 Å². The number of rotatable bonds is 8. The molecule has 0 unspecified atom stereocenters. The average molecular weight is 470 g/mol. The lowest BCUT2D eigenvalue weighted by Crippen LogP contribution is -2.51. The zero-order chi connectivity index (χ0) is 25.0. The van der Waals surface area contributed by atoms with Gasteiger partial charge in [-0.3, -0.25) is 9.59 Å². The molecule has 3 rings (SSSR count). The minimum atomic E-state index is -2.07. The van der Waals surface area contributed by atoms with Crippen molar-refractivity contribution in [3.8, 4) is 0 Å². The lowest BCUT2D eigenvalue weighted by Gasteiger charge is -2.36. The van der Waals surface area contributed by atoms with Gasteiger partial charge in [0.2, 0.25) is 11.8 Å². The second kappa shape index (κ2) is 9.82. The topological polar surface area (TPSA) is 134 Å². The fraction of sp³-hybridized carbons (Fsp3) is 0.333. The molecule has 0 aliphatic carbocycles. The molecule has 2 heterocycles. The summed E-state index contributed by atoms with van der Waals surface area (Å²) in [7, 11) is 1.12. The Balaban J connectivity index is 2.45. The van der Waals surface area contributed by atoms with Crippen molar-refractivity contribution in [2.75, 3.05) is 31.8 Å². The molecule has 2 aliphatic heterocycles. The summed E-state index contributed by atoms with van der Waals surface area (Å²) in [6.07, 6.45) is 0.987. The summed E-state index contributed by atoms with van der Waals surface area (Å²) in [5.41, 5.74) is 4.09. The highest BCUT2D eigenvalue weighted by molar-refractivity contribution is 6.22. The molecule has 0 bridgehead atoms. The third kappa shape index (κ3) is 3.70. The summed E-state index contributed by atoms with van der Waals surface area (Å²) < 4.78 is 20.8. The van der Waals surface area contributed by atoms with Gasteiger partial charge in [-0.05, 0) is 19.9 Å². The molecule has 1 aromatic carbocycles. The highest BCUT2D eigenvalue weighted by atomic mass is 16.5. The first-order valence-corrected chi connectivity index (χ1v) is 10.6. The summed E-state index contributed by atoms with van der Waals surface area (Å²) >= 11 is 0. The van der Waals surface area contributed by atoms with E-state index in [0.29, 0.717) is 5.69 Å². The van der Waals surface area contributed by atoms with Crippen molar-refractivity contribution in [2.24, 2.45) is 5.73 Å². The number of para-hydroxylation sites is 1. The van der Waals surface area contributed by atoms with Crippen LogP contribution in [0.2, 0.25) is 0 Å². The van der Waals surface area contributed by atoms with E-state index in [2.05, 4.69) is 6.58 Å². The molecular formula is C24H26N2O8. The van der Waals surface area contributed by atoms with Gasteiger partial charge in [0.25, 0.3) is 0 Å². The number of esters is 3. The Morgan fingerprint density at radius 2 is 1.79 bits per heavy atom. The second-order valence-corrected chi connectivity index (χ2v) is 7.30. The van der Waals surface area contributed by atoms with Crippen molar-refractivity contribution in [2.45, 2.75) is 25.7 Å². The van der Waals surface area contributed by atoms with Crippen LogP contribution in [0.3, 0.4) is 0 Å². The van der Waals surface area contributed by atoms with E-state index in [1.54, 1.807) is 38.1 Å². The molecular weight excluding hydrogens is 444 g/mol. The van der Waals surface area contributed by atoms with Crippen LogP contribution in [0.5, 0.6) is 0 Å². The quantitative estimate of drug-likeness (QED) is 0.341. The Hall–Kier alpha value is -4.08. The molecule has 0 aromatic heterocycles. The van der Waals surface area contributed by atoms with E-state index in [1.807, 2.05) is 0 Å². The number of nitrogens with zero attached hydrogens (tertiary/aromatic N) is 1. The van der Waals surface area contributed by atoms with E-state index in [-0.39, 0.29) is 42.2 Å². The van der Waals surface area contributed by atoms with Gasteiger partial charge in [-0.15, -0.1) is 6.58 Å². The molecule has 0 saturated heterocycles. The molecule has 0 radical (unpaired) electrons. The van der Waals surface area contributed by atoms with Crippen LogP contribution in [0.25, 0.3) is 0 Å². The van der Waals surface area contributed by atoms with E-state index in [9.17, 15) is 19.2 Å². The van der Waals surface area contributed by atoms with Crippen LogP contribution in [-0.2, 0) is 43.5 Å². The highest BCUT2D eigenvalue weighted by Crippen LogP contribution is 2.54. The molecule has 180 valence electrons. The fourth-order valence-electron chi connectivity index (χ4n) is 4.29. The Morgan fingerprint density at radius 1 is 1.12 bits per heavy atom. The first kappa shape index (κ1) is 24.6. The molecule has 1 aromatic rings. The monoisotopic (exact) mass is 470 g/mol. The number of fused-ring (bicyclic) bond motifs is 2. The van der Waals surface area contributed by atoms with Gasteiger partial charge in [-0.2, -0.15) is 0 Å². The number of carbonyl (C=O) groups is 4. The number of anilines is 1. The van der Waals surface area contributed by atoms with Crippen LogP contribution < -0.4 is 10.6 Å². The average Bonchev–Trinajstić information content (AvgIpc) is 3.03. The van der Waals surface area contributed by atoms with Gasteiger partial charge in [0.1, 0.15) is 28.7 Å². The van der Waals surface area contributed by atoms with Gasteiger partial charge < -0.3 is 29.6 Å². The summed E-state index contributed by atoms with van der Waals surface area (Å²) in [5.74, 6) is -4.01. The third-order valence-electron chi connectivity index (χ3n) is 5.46. The lowest BCUT2D eigenvalue weighted by molar-refractivity contribution is -0.143. The predicted octanol–water partition coefficient (Wildman–Crippen LogP) is 1.60. The molecule has 1 spiro atoms. The molecule has 10 heteroatoms. The normalized spacial score (nSPS) is 19.0. The molecule has 2 aliphatic rings. The standard InChI is InChI=1S/C24H26N2O8/c1-5-12-26-15-11-9-8-10-14(15)24(23(26)30)18(22(29)33-7-3)16(13-17(27)32-6-2)34-20(25)19(24)21(28)31-4/h5,8-11H,1,6-7,12-13,25H2,2-4H3/t24-/m0/s1. The number of methoxy groups -OCH3 is 1. The van der Waals surface area contributed by atoms with Crippen molar-refractivity contribution >= 4 is 29.5 Å². The summed E-state index contributed by atoms with van der Waals surface area (Å²) in [6, 6.07) is 6.62. The molecule has 0 fully saturated rings. The maximum atomic E-state index is 14.1. The molecule has 34 heavy (non-hydrogen) atoms. The minimum absolute atomic E-state index is 0.0376. The molecule has 2 N–H and O–H groups in total. The molecule has 10 nitrogen and oxygen atoms in total. The van der Waals surface area contributed by atoms with Crippen molar-refractivity contribution in [3.63, 3.8) is 0 Å². The third-order valence-corrected chi connectivity index (χ3v) is 5.46. The Bertz CT molecular complexity index is 1120. The molecule has 1 atom stereocenters. The number of benzene rings is 1. The van der Waals surface area contributed by atoms with E-state index in [0.717, 1.165) is 7.11 Å². The molecule has 1 amide bonds. The van der Waals surface area contributed by atoms with Gasteiger partial charge in [0, 0.05) is 17.8 Å². The second-order valence-electron chi connectivity index (χ2n) is 7.30. The minimum Gasteiger partial charge on any atom is -0.466 e. The van der Waals surface area contributed by atoms with Crippen molar-refractivity contribution in [1.29, 1.82) is 0 Å². The van der Waals surface area contributed by atoms with Crippen molar-refractivity contribution in [1.82, 2.24) is 0 Å². The van der Waals surface area contributed by atoms with Gasteiger partial charge in [-0.1, -0.05) is 24.3 Å². The Kier molecular flexibility index (Phi) is 7.09. The fourth-order valence-corrected chi connectivity index (χ4v) is 4.29. The largest absolute Gasteiger partial charge is 0.466 e. The van der Waals surface area contributed by atoms with Crippen LogP contribution in [0.4, 0.5) is 5.69 Å². The van der Waals surface area contributed by atoms with Crippen LogP contribution >= 0.6 is 0 Å². The maximum absolute atomic E-state index is 14.1. The van der Waals surface area contributed by atoms with Crippen molar-refractivity contribution < 1.29 is 38.1 Å². The number of amides is 1. The number of hydrogen-bond donors (Lipinski definition) is 1. The smallest absolute Gasteiger partial charge is 0.340 e. The summed E-state index contributed by atoms with van der Waals surface area (Å²) in [4.78, 5) is 54.3. The number of ether oxygens (including phenoxy) is 4. The highest BCUT2D eigenvalue weighted by Gasteiger charge is 2.64. The van der Waals surface area contributed by atoms with Crippen molar-refractivity contribution in [3.05, 3.63) is 65.3 Å². The zero-order valence-electron chi connectivity index (χ0n) is 19.2. The maximum Gasteiger partial charge on any atom is 0.340 e. The number of hydrogen-bond acceptors (Lipinski definition) is 9. The zero-order valence-corrected chi connectivity index (χ0v) is 19.2. The predicted molar refractivity (Wildman–Crippen MR) is 120 cm³/mol. The summed E-state index contributed by atoms with van der Waals surface area (Å²) in [6.45, 7) is 7.03. The Labute approximate surface area is 196 Å². The Morgan fingerprint density at radius 3 is 2.41 bits per heavy atom. The van der Waals surface area contributed by atoms with Gasteiger partial charge in [0.15, 0.2) is 0 Å². The number of carbonyl (C=O) groups excluding carboxylic acids is 4. The van der Waals surface area contributed by atoms with E-state index >= 15 is 0 Å². The first-order valence-electron chi connectivity index (χ1n) is 10.6. The number of nitrogens with two attached hydrogens (primary N) is 1. The lowest BCUT2D eigenvalue weighted by atomic mass is 9.67. The van der Waals surface area contributed by atoms with Crippen LogP contribution in [0, 0.1) is 0 Å². The summed E-state index contributed by atoms with van der Waals surface area (Å²) in [5, 5.41) is 0. The van der Waals surface area contributed by atoms with Crippen LogP contribution in [0.1, 0.15) is 25.8 Å². The van der Waals surface area contributed by atoms with E-state index in [4.69, 9.17) is 24.7 Å². The van der Waals surface area contributed by atoms with Gasteiger partial charge >= 0.3 is 17.9 Å². The van der Waals surface area contributed by atoms with Crippen LogP contribution in [-0.4, -0.2) is 50.7 Å². The van der Waals surface area contributed by atoms with E-state index in [1.165, 1.54) is 11.0 Å². The van der Waals surface area contributed by atoms with Gasteiger partial charge in [-0.25, -0.2) is 9.59 Å².